The van der Waals surface area contributed by atoms with Crippen LogP contribution in [0.5, 0.6) is 5.75 Å². The first kappa shape index (κ1) is 8.59. The summed E-state index contributed by atoms with van der Waals surface area (Å²) in [6, 6.07) is 3.27. The number of hydrogen-bond acceptors (Lipinski definition) is 3. The number of aromatic hydroxyl groups is 1. The van der Waals surface area contributed by atoms with Crippen LogP contribution in [0.1, 0.15) is 24.8 Å². The Balaban J connectivity index is 2.24. The summed E-state index contributed by atoms with van der Waals surface area (Å²) in [6.45, 7) is 0. The number of anilines is 2. The summed E-state index contributed by atoms with van der Waals surface area (Å²) in [4.78, 5) is 11.8. The Hall–Kier alpha value is -1.71. The Morgan fingerprint density at radius 2 is 2.13 bits per heavy atom. The number of carbonyl (C=O) groups excluding carboxylic acids is 1. The zero-order valence-electron chi connectivity index (χ0n) is 8.21. The monoisotopic (exact) mass is 204 g/mol. The Labute approximate surface area is 87.1 Å². The average Bonchev–Trinajstić information content (AvgIpc) is 2.37. The topological polar surface area (TPSA) is 75.3 Å². The molecule has 15 heavy (non-hydrogen) atoms. The van der Waals surface area contributed by atoms with Crippen molar-refractivity contribution in [2.45, 2.75) is 24.7 Å². The van der Waals surface area contributed by atoms with E-state index in [1.165, 1.54) is 6.07 Å². The predicted octanol–water partition coefficient (Wildman–Crippen LogP) is 1.35. The minimum atomic E-state index is -0.401. The second kappa shape index (κ2) is 2.45. The number of carbonyl (C=O) groups is 1. The van der Waals surface area contributed by atoms with Crippen LogP contribution in [-0.4, -0.2) is 11.0 Å². The van der Waals surface area contributed by atoms with Gasteiger partial charge >= 0.3 is 0 Å². The van der Waals surface area contributed by atoms with E-state index in [1.54, 1.807) is 6.07 Å². The van der Waals surface area contributed by atoms with E-state index < -0.39 is 5.41 Å². The molecule has 1 aliphatic carbocycles. The van der Waals surface area contributed by atoms with E-state index >= 15 is 0 Å². The fraction of sp³-hybridized carbons (Fsp3) is 0.364. The second-order valence-electron chi connectivity index (χ2n) is 4.35. The fourth-order valence-corrected chi connectivity index (χ4v) is 2.54. The number of fused-ring (bicyclic) bond motifs is 2. The molecule has 1 aliphatic heterocycles. The van der Waals surface area contributed by atoms with Crippen molar-refractivity contribution in [2.24, 2.45) is 0 Å². The molecule has 0 atom stereocenters. The highest BCUT2D eigenvalue weighted by molar-refractivity contribution is 6.08. The standard InChI is InChI=1S/C11H12N2O2/c12-6-4-7-9(8(14)5-6)13-10(15)11(7)2-1-3-11/h4-5,14H,1-3,12H2,(H,13,15). The second-order valence-corrected chi connectivity index (χ2v) is 4.35. The van der Waals surface area contributed by atoms with Gasteiger partial charge in [0, 0.05) is 11.8 Å². The van der Waals surface area contributed by atoms with Gasteiger partial charge in [-0.1, -0.05) is 6.42 Å². The van der Waals surface area contributed by atoms with E-state index in [1.807, 2.05) is 0 Å². The largest absolute Gasteiger partial charge is 0.506 e. The van der Waals surface area contributed by atoms with Gasteiger partial charge in [0.05, 0.1) is 11.1 Å². The number of amides is 1. The summed E-state index contributed by atoms with van der Waals surface area (Å²) in [5.41, 5.74) is 7.21. The number of phenolic OH excluding ortho intramolecular Hbond substituents is 1. The normalized spacial score (nSPS) is 20.9. The molecule has 1 aromatic rings. The molecule has 4 nitrogen and oxygen atoms in total. The van der Waals surface area contributed by atoms with E-state index in [-0.39, 0.29) is 11.7 Å². The highest BCUT2D eigenvalue weighted by Gasteiger charge is 2.51. The number of phenols is 1. The maximum absolute atomic E-state index is 11.8. The van der Waals surface area contributed by atoms with E-state index in [9.17, 15) is 9.90 Å². The lowest BCUT2D eigenvalue weighted by atomic mass is 9.65. The molecule has 0 unspecified atom stereocenters. The van der Waals surface area contributed by atoms with Crippen LogP contribution in [0.25, 0.3) is 0 Å². The summed E-state index contributed by atoms with van der Waals surface area (Å²) < 4.78 is 0. The number of nitrogens with one attached hydrogen (secondary N) is 1. The quantitative estimate of drug-likeness (QED) is 0.441. The molecule has 1 amide bonds. The molecule has 1 fully saturated rings. The first-order chi connectivity index (χ1) is 7.13. The highest BCUT2D eigenvalue weighted by atomic mass is 16.3. The molecule has 0 aromatic heterocycles. The van der Waals surface area contributed by atoms with Gasteiger partial charge in [0.15, 0.2) is 0 Å². The van der Waals surface area contributed by atoms with Crippen LogP contribution in [0.4, 0.5) is 11.4 Å². The maximum atomic E-state index is 11.8. The number of benzene rings is 1. The smallest absolute Gasteiger partial charge is 0.235 e. The van der Waals surface area contributed by atoms with Gasteiger partial charge in [-0.3, -0.25) is 4.79 Å². The number of rotatable bonds is 0. The Bertz CT molecular complexity index is 464. The van der Waals surface area contributed by atoms with Crippen molar-refractivity contribution >= 4 is 17.3 Å². The maximum Gasteiger partial charge on any atom is 0.235 e. The lowest BCUT2D eigenvalue weighted by Crippen LogP contribution is -2.40. The molecule has 0 saturated heterocycles. The van der Waals surface area contributed by atoms with Crippen LogP contribution in [0.15, 0.2) is 12.1 Å². The van der Waals surface area contributed by atoms with Crippen molar-refractivity contribution in [3.63, 3.8) is 0 Å². The molecule has 78 valence electrons. The summed E-state index contributed by atoms with van der Waals surface area (Å²) in [5, 5.41) is 12.4. The zero-order chi connectivity index (χ0) is 10.6. The van der Waals surface area contributed by atoms with Gasteiger partial charge in [-0.25, -0.2) is 0 Å². The van der Waals surface area contributed by atoms with Gasteiger partial charge in [-0.2, -0.15) is 0 Å². The lowest BCUT2D eigenvalue weighted by molar-refractivity contribution is -0.123. The van der Waals surface area contributed by atoms with Crippen LogP contribution in [0.2, 0.25) is 0 Å². The van der Waals surface area contributed by atoms with E-state index in [4.69, 9.17) is 5.73 Å². The fourth-order valence-electron chi connectivity index (χ4n) is 2.54. The first-order valence-corrected chi connectivity index (χ1v) is 5.08. The Kier molecular flexibility index (Phi) is 1.40. The van der Waals surface area contributed by atoms with Crippen LogP contribution < -0.4 is 11.1 Å². The van der Waals surface area contributed by atoms with Crippen LogP contribution >= 0.6 is 0 Å². The van der Waals surface area contributed by atoms with E-state index in [0.29, 0.717) is 11.4 Å². The molecule has 1 spiro atoms. The average molecular weight is 204 g/mol. The van der Waals surface area contributed by atoms with Crippen molar-refractivity contribution in [3.8, 4) is 5.75 Å². The van der Waals surface area contributed by atoms with Crippen LogP contribution in [0, 0.1) is 0 Å². The molecular formula is C11H12N2O2. The summed E-state index contributed by atoms with van der Waals surface area (Å²) in [6.07, 6.45) is 2.77. The van der Waals surface area contributed by atoms with Crippen LogP contribution in [0.3, 0.4) is 0 Å². The molecule has 1 saturated carbocycles. The van der Waals surface area contributed by atoms with Crippen molar-refractivity contribution in [2.75, 3.05) is 11.1 Å². The molecule has 4 N–H and O–H groups in total. The van der Waals surface area contributed by atoms with Gasteiger partial charge in [-0.05, 0) is 24.5 Å². The lowest BCUT2D eigenvalue weighted by Gasteiger charge is -2.36. The van der Waals surface area contributed by atoms with Crippen molar-refractivity contribution in [1.29, 1.82) is 0 Å². The predicted molar refractivity (Wildman–Crippen MR) is 56.7 cm³/mol. The third-order valence-electron chi connectivity index (χ3n) is 3.54. The number of nitrogens with two attached hydrogens (primary N) is 1. The molecular weight excluding hydrogens is 192 g/mol. The third-order valence-corrected chi connectivity index (χ3v) is 3.54. The number of nitrogen functional groups attached to an aromatic ring is 1. The molecule has 1 aromatic carbocycles. The van der Waals surface area contributed by atoms with Crippen molar-refractivity contribution in [3.05, 3.63) is 17.7 Å². The molecule has 2 aliphatic rings. The van der Waals surface area contributed by atoms with E-state index in [0.717, 1.165) is 24.8 Å². The van der Waals surface area contributed by atoms with Gasteiger partial charge < -0.3 is 16.2 Å². The van der Waals surface area contributed by atoms with Crippen molar-refractivity contribution < 1.29 is 9.90 Å². The first-order valence-electron chi connectivity index (χ1n) is 5.08. The van der Waals surface area contributed by atoms with E-state index in [2.05, 4.69) is 5.32 Å². The van der Waals surface area contributed by atoms with Gasteiger partial charge in [0.1, 0.15) is 5.75 Å². The Morgan fingerprint density at radius 1 is 1.40 bits per heavy atom. The zero-order valence-corrected chi connectivity index (χ0v) is 8.21. The van der Waals surface area contributed by atoms with Gasteiger partial charge in [-0.15, -0.1) is 0 Å². The molecule has 3 rings (SSSR count). The molecule has 0 radical (unpaired) electrons. The summed E-state index contributed by atoms with van der Waals surface area (Å²) in [7, 11) is 0. The minimum absolute atomic E-state index is 0.00431. The van der Waals surface area contributed by atoms with Crippen molar-refractivity contribution in [1.82, 2.24) is 0 Å². The number of hydrogen-bond donors (Lipinski definition) is 3. The third kappa shape index (κ3) is 0.888. The highest BCUT2D eigenvalue weighted by Crippen LogP contribution is 2.53. The molecule has 0 bridgehead atoms. The molecule has 4 heteroatoms. The summed E-state index contributed by atoms with van der Waals surface area (Å²) in [5.74, 6) is 0.0757. The van der Waals surface area contributed by atoms with Gasteiger partial charge in [0.25, 0.3) is 0 Å². The molecule has 1 heterocycles. The van der Waals surface area contributed by atoms with Crippen LogP contribution in [-0.2, 0) is 10.2 Å². The van der Waals surface area contributed by atoms with Gasteiger partial charge in [0.2, 0.25) is 5.91 Å². The SMILES string of the molecule is Nc1cc(O)c2c(c1)C1(CCC1)C(=O)N2. The Morgan fingerprint density at radius 3 is 2.73 bits per heavy atom. The minimum Gasteiger partial charge on any atom is -0.506 e. The summed E-state index contributed by atoms with van der Waals surface area (Å²) >= 11 is 0.